The monoisotopic (exact) mass is 226 g/mol. The number of aromatic amines is 1. The van der Waals surface area contributed by atoms with Crippen LogP contribution in [0, 0.1) is 0 Å². The highest BCUT2D eigenvalue weighted by Crippen LogP contribution is 2.13. The largest absolute Gasteiger partial charge is 0.444 e. The number of hydrogen-bond acceptors (Lipinski definition) is 3. The molecule has 1 atom stereocenters. The van der Waals surface area contributed by atoms with Crippen molar-refractivity contribution in [1.29, 1.82) is 0 Å². The van der Waals surface area contributed by atoms with Gasteiger partial charge >= 0.3 is 6.09 Å². The normalized spacial score (nSPS) is 13.2. The first-order valence-electron chi connectivity index (χ1n) is 5.15. The molecule has 0 spiro atoms. The Morgan fingerprint density at radius 1 is 1.62 bits per heavy atom. The summed E-state index contributed by atoms with van der Waals surface area (Å²) < 4.78 is 5.10. The number of aliphatic hydroxyl groups excluding tert-OH is 1. The predicted octanol–water partition coefficient (Wildman–Crippen LogP) is 1.57. The van der Waals surface area contributed by atoms with Gasteiger partial charge in [-0.2, -0.15) is 0 Å². The first-order valence-corrected chi connectivity index (χ1v) is 5.15. The Morgan fingerprint density at radius 3 is 2.75 bits per heavy atom. The van der Waals surface area contributed by atoms with Gasteiger partial charge in [-0.3, -0.25) is 0 Å². The van der Waals surface area contributed by atoms with E-state index < -0.39 is 17.7 Å². The number of carbonyl (C=O) groups excluding carboxylic acids is 1. The average molecular weight is 226 g/mol. The molecule has 0 aromatic carbocycles. The Labute approximate surface area is 94.8 Å². The molecule has 0 aliphatic heterocycles. The second-order valence-corrected chi connectivity index (χ2v) is 4.53. The van der Waals surface area contributed by atoms with Crippen molar-refractivity contribution in [2.75, 3.05) is 6.61 Å². The molecule has 0 saturated carbocycles. The Balaban J connectivity index is 2.55. The van der Waals surface area contributed by atoms with Gasteiger partial charge in [-0.15, -0.1) is 0 Å². The van der Waals surface area contributed by atoms with E-state index in [1.807, 2.05) is 0 Å². The third-order valence-corrected chi connectivity index (χ3v) is 1.90. The van der Waals surface area contributed by atoms with E-state index in [1.54, 1.807) is 39.2 Å². The lowest BCUT2D eigenvalue weighted by atomic mass is 10.1. The molecule has 1 aromatic heterocycles. The number of H-pyrrole nitrogens is 1. The quantitative estimate of drug-likeness (QED) is 0.732. The summed E-state index contributed by atoms with van der Waals surface area (Å²) in [7, 11) is 0. The molecule has 1 heterocycles. The van der Waals surface area contributed by atoms with Crippen molar-refractivity contribution in [1.82, 2.24) is 10.3 Å². The van der Waals surface area contributed by atoms with E-state index in [4.69, 9.17) is 9.84 Å². The average Bonchev–Trinajstić information content (AvgIpc) is 2.63. The highest BCUT2D eigenvalue weighted by Gasteiger charge is 2.20. The van der Waals surface area contributed by atoms with Crippen LogP contribution in [0.5, 0.6) is 0 Å². The van der Waals surface area contributed by atoms with Gasteiger partial charge in [-0.25, -0.2) is 4.79 Å². The third kappa shape index (κ3) is 3.94. The minimum absolute atomic E-state index is 0.170. The number of amides is 1. The van der Waals surface area contributed by atoms with Gasteiger partial charge in [0, 0.05) is 12.4 Å². The van der Waals surface area contributed by atoms with Crippen LogP contribution in [0.25, 0.3) is 0 Å². The summed E-state index contributed by atoms with van der Waals surface area (Å²) >= 11 is 0. The van der Waals surface area contributed by atoms with Gasteiger partial charge in [0.1, 0.15) is 5.60 Å². The number of aromatic nitrogens is 1. The Morgan fingerprint density at radius 2 is 2.31 bits per heavy atom. The van der Waals surface area contributed by atoms with Crippen LogP contribution >= 0.6 is 0 Å². The van der Waals surface area contributed by atoms with E-state index >= 15 is 0 Å². The van der Waals surface area contributed by atoms with E-state index in [0.29, 0.717) is 0 Å². The lowest BCUT2D eigenvalue weighted by Crippen LogP contribution is -2.36. The molecule has 0 fully saturated rings. The molecule has 1 amide bonds. The molecule has 5 heteroatoms. The molecule has 90 valence electrons. The number of aliphatic hydroxyl groups is 1. The summed E-state index contributed by atoms with van der Waals surface area (Å²) in [4.78, 5) is 14.3. The standard InChI is InChI=1S/C11H18N2O3/c1-11(2,3)16-10(15)13-9(7-14)8-4-5-12-6-8/h4-6,9,12,14H,7H2,1-3H3,(H,13,15). The maximum atomic E-state index is 11.5. The summed E-state index contributed by atoms with van der Waals surface area (Å²) in [6.45, 7) is 5.20. The van der Waals surface area contributed by atoms with Crippen molar-refractivity contribution in [3.8, 4) is 0 Å². The summed E-state index contributed by atoms with van der Waals surface area (Å²) in [6, 6.07) is 1.35. The van der Waals surface area contributed by atoms with Crippen molar-refractivity contribution in [3.63, 3.8) is 0 Å². The van der Waals surface area contributed by atoms with Crippen molar-refractivity contribution < 1.29 is 14.6 Å². The minimum Gasteiger partial charge on any atom is -0.444 e. The molecule has 0 aliphatic carbocycles. The number of rotatable bonds is 3. The van der Waals surface area contributed by atoms with Gasteiger partial charge in [0.25, 0.3) is 0 Å². The molecule has 5 nitrogen and oxygen atoms in total. The fourth-order valence-electron chi connectivity index (χ4n) is 1.24. The number of hydrogen-bond donors (Lipinski definition) is 3. The summed E-state index contributed by atoms with van der Waals surface area (Å²) in [5.74, 6) is 0. The number of carbonyl (C=O) groups is 1. The number of ether oxygens (including phenoxy) is 1. The van der Waals surface area contributed by atoms with Gasteiger partial charge in [-0.05, 0) is 32.4 Å². The maximum absolute atomic E-state index is 11.5. The lowest BCUT2D eigenvalue weighted by molar-refractivity contribution is 0.0482. The first-order chi connectivity index (χ1) is 7.42. The van der Waals surface area contributed by atoms with Gasteiger partial charge < -0.3 is 20.1 Å². The van der Waals surface area contributed by atoms with E-state index in [0.717, 1.165) is 5.56 Å². The Bertz CT molecular complexity index is 327. The molecule has 1 aromatic rings. The second kappa shape index (κ2) is 5.03. The summed E-state index contributed by atoms with van der Waals surface area (Å²) in [6.07, 6.45) is 2.92. The Hall–Kier alpha value is -1.49. The van der Waals surface area contributed by atoms with Gasteiger partial charge in [0.15, 0.2) is 0 Å². The second-order valence-electron chi connectivity index (χ2n) is 4.53. The molecular weight excluding hydrogens is 208 g/mol. The zero-order valence-electron chi connectivity index (χ0n) is 9.78. The Kier molecular flexibility index (Phi) is 3.95. The van der Waals surface area contributed by atoms with Crippen molar-refractivity contribution in [3.05, 3.63) is 24.0 Å². The van der Waals surface area contributed by atoms with Crippen molar-refractivity contribution in [2.24, 2.45) is 0 Å². The van der Waals surface area contributed by atoms with Gasteiger partial charge in [0.2, 0.25) is 0 Å². The number of nitrogens with one attached hydrogen (secondary N) is 2. The molecule has 16 heavy (non-hydrogen) atoms. The van der Waals surface area contributed by atoms with E-state index in [-0.39, 0.29) is 6.61 Å². The molecule has 0 bridgehead atoms. The summed E-state index contributed by atoms with van der Waals surface area (Å²) in [5.41, 5.74) is 0.274. The van der Waals surface area contributed by atoms with Crippen LogP contribution in [-0.4, -0.2) is 28.4 Å². The molecule has 0 radical (unpaired) electrons. The van der Waals surface area contributed by atoms with Crippen LogP contribution < -0.4 is 5.32 Å². The smallest absolute Gasteiger partial charge is 0.408 e. The minimum atomic E-state index is -0.539. The highest BCUT2D eigenvalue weighted by molar-refractivity contribution is 5.68. The van der Waals surface area contributed by atoms with E-state index in [1.165, 1.54) is 0 Å². The topological polar surface area (TPSA) is 74.3 Å². The summed E-state index contributed by atoms with van der Waals surface area (Å²) in [5, 5.41) is 11.8. The van der Waals surface area contributed by atoms with Crippen LogP contribution in [0.2, 0.25) is 0 Å². The molecular formula is C11H18N2O3. The van der Waals surface area contributed by atoms with E-state index in [2.05, 4.69) is 10.3 Å². The predicted molar refractivity (Wildman–Crippen MR) is 60.0 cm³/mol. The van der Waals surface area contributed by atoms with Gasteiger partial charge in [-0.1, -0.05) is 0 Å². The fourth-order valence-corrected chi connectivity index (χ4v) is 1.24. The molecule has 1 unspecified atom stereocenters. The first kappa shape index (κ1) is 12.6. The van der Waals surface area contributed by atoms with Crippen LogP contribution in [0.1, 0.15) is 32.4 Å². The SMILES string of the molecule is CC(C)(C)OC(=O)NC(CO)c1cc[nH]c1. The van der Waals surface area contributed by atoms with Crippen molar-refractivity contribution >= 4 is 6.09 Å². The van der Waals surface area contributed by atoms with Crippen LogP contribution in [-0.2, 0) is 4.74 Å². The lowest BCUT2D eigenvalue weighted by Gasteiger charge is -2.22. The van der Waals surface area contributed by atoms with Crippen LogP contribution in [0.15, 0.2) is 18.5 Å². The van der Waals surface area contributed by atoms with Gasteiger partial charge in [0.05, 0.1) is 12.6 Å². The van der Waals surface area contributed by atoms with Crippen molar-refractivity contribution in [2.45, 2.75) is 32.4 Å². The zero-order valence-corrected chi connectivity index (χ0v) is 9.78. The highest BCUT2D eigenvalue weighted by atomic mass is 16.6. The van der Waals surface area contributed by atoms with Crippen LogP contribution in [0.3, 0.4) is 0 Å². The van der Waals surface area contributed by atoms with Crippen LogP contribution in [0.4, 0.5) is 4.79 Å². The molecule has 3 N–H and O–H groups in total. The molecule has 0 aliphatic rings. The fraction of sp³-hybridized carbons (Fsp3) is 0.545. The zero-order chi connectivity index (χ0) is 12.2. The number of alkyl carbamates (subject to hydrolysis) is 1. The maximum Gasteiger partial charge on any atom is 0.408 e. The molecule has 1 rings (SSSR count). The van der Waals surface area contributed by atoms with E-state index in [9.17, 15) is 4.79 Å². The third-order valence-electron chi connectivity index (χ3n) is 1.90. The molecule has 0 saturated heterocycles.